The summed E-state index contributed by atoms with van der Waals surface area (Å²) in [5, 5.41) is 2.63. The Morgan fingerprint density at radius 1 is 1.27 bits per heavy atom. The molecule has 0 unspecified atom stereocenters. The minimum absolute atomic E-state index is 0.137. The van der Waals surface area contributed by atoms with Gasteiger partial charge in [0.1, 0.15) is 5.82 Å². The van der Waals surface area contributed by atoms with E-state index in [1.807, 2.05) is 13.0 Å². The summed E-state index contributed by atoms with van der Waals surface area (Å²) >= 11 is 0. The number of carbonyl (C=O) groups excluding carboxylic acids is 2. The largest absolute Gasteiger partial charge is 0.335 e. The van der Waals surface area contributed by atoms with Crippen LogP contribution in [0, 0.1) is 5.82 Å². The number of nitrogens with zero attached hydrogens (tertiary/aromatic N) is 1. The van der Waals surface area contributed by atoms with Gasteiger partial charge in [-0.1, -0.05) is 18.2 Å². The van der Waals surface area contributed by atoms with Crippen LogP contribution in [0.25, 0.3) is 0 Å². The van der Waals surface area contributed by atoms with Gasteiger partial charge in [0, 0.05) is 18.8 Å². The zero-order valence-corrected chi connectivity index (χ0v) is 12.1. The molecule has 0 aliphatic carbocycles. The van der Waals surface area contributed by atoms with Gasteiger partial charge in [-0.3, -0.25) is 9.59 Å². The molecule has 0 fully saturated rings. The van der Waals surface area contributed by atoms with Crippen molar-refractivity contribution >= 4 is 17.5 Å². The SMILES string of the molecule is CCN1Cc2cccc(C(=O)Nc3cccc(F)c3)c2C1=O. The van der Waals surface area contributed by atoms with Gasteiger partial charge in [0.25, 0.3) is 11.8 Å². The molecule has 0 saturated carbocycles. The maximum absolute atomic E-state index is 13.2. The van der Waals surface area contributed by atoms with E-state index in [1.54, 1.807) is 23.1 Å². The summed E-state index contributed by atoms with van der Waals surface area (Å²) in [4.78, 5) is 26.5. The summed E-state index contributed by atoms with van der Waals surface area (Å²) < 4.78 is 13.2. The van der Waals surface area contributed by atoms with Gasteiger partial charge < -0.3 is 10.2 Å². The maximum Gasteiger partial charge on any atom is 0.256 e. The van der Waals surface area contributed by atoms with Gasteiger partial charge in [0.15, 0.2) is 0 Å². The number of halogens is 1. The van der Waals surface area contributed by atoms with Gasteiger partial charge in [0.2, 0.25) is 0 Å². The molecule has 3 rings (SSSR count). The lowest BCUT2D eigenvalue weighted by Gasteiger charge is -2.12. The van der Waals surface area contributed by atoms with Crippen LogP contribution in [0.1, 0.15) is 33.2 Å². The first-order valence-electron chi connectivity index (χ1n) is 7.08. The van der Waals surface area contributed by atoms with Crippen molar-refractivity contribution in [3.05, 3.63) is 65.0 Å². The Bertz CT molecular complexity index is 758. The van der Waals surface area contributed by atoms with E-state index >= 15 is 0 Å². The Balaban J connectivity index is 1.92. The normalized spacial score (nSPS) is 13.2. The summed E-state index contributed by atoms with van der Waals surface area (Å²) in [5.74, 6) is -0.972. The number of hydrogen-bond acceptors (Lipinski definition) is 2. The number of anilines is 1. The van der Waals surface area contributed by atoms with E-state index < -0.39 is 11.7 Å². The molecule has 0 saturated heterocycles. The molecule has 0 radical (unpaired) electrons. The number of carbonyl (C=O) groups is 2. The average Bonchev–Trinajstić information content (AvgIpc) is 2.84. The van der Waals surface area contributed by atoms with Crippen molar-refractivity contribution < 1.29 is 14.0 Å². The molecule has 0 bridgehead atoms. The molecule has 0 spiro atoms. The second-order valence-corrected chi connectivity index (χ2v) is 5.12. The van der Waals surface area contributed by atoms with Gasteiger partial charge >= 0.3 is 0 Å². The predicted octanol–water partition coefficient (Wildman–Crippen LogP) is 3.05. The average molecular weight is 298 g/mol. The van der Waals surface area contributed by atoms with Gasteiger partial charge in [-0.2, -0.15) is 0 Å². The Morgan fingerprint density at radius 3 is 2.77 bits per heavy atom. The van der Waals surface area contributed by atoms with Crippen molar-refractivity contribution in [3.63, 3.8) is 0 Å². The number of nitrogens with one attached hydrogen (secondary N) is 1. The maximum atomic E-state index is 13.2. The molecule has 1 N–H and O–H groups in total. The molecular formula is C17H15FN2O2. The molecule has 0 aromatic heterocycles. The Hall–Kier alpha value is -2.69. The molecule has 2 aromatic carbocycles. The van der Waals surface area contributed by atoms with Crippen LogP contribution in [0.2, 0.25) is 0 Å². The van der Waals surface area contributed by atoms with E-state index in [0.29, 0.717) is 29.9 Å². The van der Waals surface area contributed by atoms with Gasteiger partial charge in [0.05, 0.1) is 11.1 Å². The zero-order chi connectivity index (χ0) is 15.7. The highest BCUT2D eigenvalue weighted by Crippen LogP contribution is 2.26. The highest BCUT2D eigenvalue weighted by Gasteiger charge is 2.30. The molecule has 112 valence electrons. The molecule has 1 heterocycles. The first-order valence-corrected chi connectivity index (χ1v) is 7.08. The summed E-state index contributed by atoms with van der Waals surface area (Å²) in [6.07, 6.45) is 0. The van der Waals surface area contributed by atoms with Crippen LogP contribution >= 0.6 is 0 Å². The van der Waals surface area contributed by atoms with Crippen molar-refractivity contribution in [1.82, 2.24) is 4.90 Å². The van der Waals surface area contributed by atoms with E-state index in [-0.39, 0.29) is 5.91 Å². The van der Waals surface area contributed by atoms with Crippen molar-refractivity contribution in [1.29, 1.82) is 0 Å². The Morgan fingerprint density at radius 2 is 2.05 bits per heavy atom. The second-order valence-electron chi connectivity index (χ2n) is 5.12. The number of rotatable bonds is 3. The summed E-state index contributed by atoms with van der Waals surface area (Å²) in [7, 11) is 0. The Labute approximate surface area is 127 Å². The topological polar surface area (TPSA) is 49.4 Å². The van der Waals surface area contributed by atoms with E-state index in [9.17, 15) is 14.0 Å². The van der Waals surface area contributed by atoms with E-state index in [1.165, 1.54) is 18.2 Å². The van der Waals surface area contributed by atoms with Crippen LogP contribution in [0.15, 0.2) is 42.5 Å². The van der Waals surface area contributed by atoms with Gasteiger partial charge in [-0.15, -0.1) is 0 Å². The smallest absolute Gasteiger partial charge is 0.256 e. The lowest BCUT2D eigenvalue weighted by Crippen LogP contribution is -2.24. The third kappa shape index (κ3) is 2.45. The van der Waals surface area contributed by atoms with Gasteiger partial charge in [-0.05, 0) is 36.8 Å². The first kappa shape index (κ1) is 14.3. The summed E-state index contributed by atoms with van der Waals surface area (Å²) in [6.45, 7) is 3.01. The van der Waals surface area contributed by atoms with Crippen LogP contribution in [-0.4, -0.2) is 23.3 Å². The van der Waals surface area contributed by atoms with Gasteiger partial charge in [-0.25, -0.2) is 4.39 Å². The fourth-order valence-electron chi connectivity index (χ4n) is 2.63. The molecule has 2 aromatic rings. The summed E-state index contributed by atoms with van der Waals surface area (Å²) in [6, 6.07) is 10.9. The van der Waals surface area contributed by atoms with E-state index in [2.05, 4.69) is 5.32 Å². The van der Waals surface area contributed by atoms with E-state index in [0.717, 1.165) is 5.56 Å². The quantitative estimate of drug-likeness (QED) is 0.946. The highest BCUT2D eigenvalue weighted by atomic mass is 19.1. The zero-order valence-electron chi connectivity index (χ0n) is 12.1. The van der Waals surface area contributed by atoms with E-state index in [4.69, 9.17) is 0 Å². The second kappa shape index (κ2) is 5.60. The van der Waals surface area contributed by atoms with Crippen LogP contribution < -0.4 is 5.32 Å². The number of fused-ring (bicyclic) bond motifs is 1. The lowest BCUT2D eigenvalue weighted by molar-refractivity contribution is 0.0783. The monoisotopic (exact) mass is 298 g/mol. The van der Waals surface area contributed by atoms with Crippen molar-refractivity contribution in [3.8, 4) is 0 Å². The molecule has 0 atom stereocenters. The number of hydrogen-bond donors (Lipinski definition) is 1. The van der Waals surface area contributed by atoms with Crippen molar-refractivity contribution in [2.45, 2.75) is 13.5 Å². The minimum Gasteiger partial charge on any atom is -0.335 e. The molecular weight excluding hydrogens is 283 g/mol. The molecule has 4 nitrogen and oxygen atoms in total. The van der Waals surface area contributed by atoms with Crippen LogP contribution in [0.5, 0.6) is 0 Å². The molecule has 5 heteroatoms. The fourth-order valence-corrected chi connectivity index (χ4v) is 2.63. The third-order valence-electron chi connectivity index (χ3n) is 3.72. The number of benzene rings is 2. The predicted molar refractivity (Wildman–Crippen MR) is 81.2 cm³/mol. The van der Waals surface area contributed by atoms with Crippen LogP contribution in [-0.2, 0) is 6.54 Å². The molecule has 2 amide bonds. The Kier molecular flexibility index (Phi) is 3.63. The van der Waals surface area contributed by atoms with Crippen molar-refractivity contribution in [2.24, 2.45) is 0 Å². The number of amides is 2. The van der Waals surface area contributed by atoms with Crippen LogP contribution in [0.3, 0.4) is 0 Å². The highest BCUT2D eigenvalue weighted by molar-refractivity contribution is 6.13. The first-order chi connectivity index (χ1) is 10.6. The lowest BCUT2D eigenvalue weighted by atomic mass is 10.0. The third-order valence-corrected chi connectivity index (χ3v) is 3.72. The summed E-state index contributed by atoms with van der Waals surface area (Å²) in [5.41, 5.74) is 1.97. The standard InChI is InChI=1S/C17H15FN2O2/c1-2-20-10-11-5-3-8-14(15(11)17(20)22)16(21)19-13-7-4-6-12(18)9-13/h3-9H,2,10H2,1H3,(H,19,21). The van der Waals surface area contributed by atoms with Crippen molar-refractivity contribution in [2.75, 3.05) is 11.9 Å². The molecule has 1 aliphatic rings. The fraction of sp³-hybridized carbons (Fsp3) is 0.176. The minimum atomic E-state index is -0.427. The molecule has 22 heavy (non-hydrogen) atoms. The molecule has 1 aliphatic heterocycles. The van der Waals surface area contributed by atoms with Crippen LogP contribution in [0.4, 0.5) is 10.1 Å².